The van der Waals surface area contributed by atoms with Crippen molar-refractivity contribution in [1.29, 1.82) is 0 Å². The summed E-state index contributed by atoms with van der Waals surface area (Å²) in [4.78, 5) is 8.32. The molecule has 1 unspecified atom stereocenters. The molecule has 3 N–H and O–H groups in total. The summed E-state index contributed by atoms with van der Waals surface area (Å²) in [5, 5.41) is 15.7. The summed E-state index contributed by atoms with van der Waals surface area (Å²) >= 11 is 0. The van der Waals surface area contributed by atoms with Crippen LogP contribution in [0.4, 0.5) is 10.2 Å². The zero-order valence-corrected chi connectivity index (χ0v) is 13.7. The Labute approximate surface area is 148 Å². The molecule has 2 aromatic heterocycles. The molecule has 7 heteroatoms. The van der Waals surface area contributed by atoms with Crippen LogP contribution in [0, 0.1) is 5.82 Å². The number of hydrogen-bond acceptors (Lipinski definition) is 5. The number of aliphatic hydroxyl groups is 1. The Morgan fingerprint density at radius 3 is 2.50 bits per heavy atom. The van der Waals surface area contributed by atoms with Crippen molar-refractivity contribution in [3.05, 3.63) is 72.3 Å². The molecule has 6 nitrogen and oxygen atoms in total. The van der Waals surface area contributed by atoms with Crippen molar-refractivity contribution < 1.29 is 9.50 Å². The summed E-state index contributed by atoms with van der Waals surface area (Å²) in [6, 6.07) is 15.3. The third-order valence-electron chi connectivity index (χ3n) is 4.21. The summed E-state index contributed by atoms with van der Waals surface area (Å²) in [7, 11) is 0. The van der Waals surface area contributed by atoms with Gasteiger partial charge in [-0.25, -0.2) is 19.0 Å². The van der Waals surface area contributed by atoms with Crippen LogP contribution in [0.1, 0.15) is 11.7 Å². The molecule has 2 aromatic carbocycles. The van der Waals surface area contributed by atoms with Gasteiger partial charge in [0.15, 0.2) is 5.65 Å². The predicted molar refractivity (Wildman–Crippen MR) is 96.5 cm³/mol. The molecule has 0 spiro atoms. The maximum atomic E-state index is 13.3. The fourth-order valence-corrected chi connectivity index (χ4v) is 2.91. The lowest BCUT2D eigenvalue weighted by molar-refractivity contribution is 0.153. The zero-order valence-electron chi connectivity index (χ0n) is 13.7. The van der Waals surface area contributed by atoms with Gasteiger partial charge in [0.2, 0.25) is 0 Å². The van der Waals surface area contributed by atoms with Crippen molar-refractivity contribution in [2.45, 2.75) is 12.6 Å². The Hall–Kier alpha value is -3.32. The molecule has 0 aliphatic rings. The largest absolute Gasteiger partial charge is 0.386 e. The lowest BCUT2D eigenvalue weighted by atomic mass is 10.1. The SMILES string of the molecule is Nc1ncnc2c1c(-c1ccc(F)cc1)nn2CC(O)c1ccccc1. The van der Waals surface area contributed by atoms with E-state index in [-0.39, 0.29) is 18.2 Å². The van der Waals surface area contributed by atoms with E-state index in [0.717, 1.165) is 5.56 Å². The average Bonchev–Trinajstić information content (AvgIpc) is 3.03. The van der Waals surface area contributed by atoms with Crippen LogP contribution in [0.2, 0.25) is 0 Å². The highest BCUT2D eigenvalue weighted by Crippen LogP contribution is 2.31. The third-order valence-corrected chi connectivity index (χ3v) is 4.21. The number of nitrogens with two attached hydrogens (primary N) is 1. The molecular weight excluding hydrogens is 333 g/mol. The van der Waals surface area contributed by atoms with Gasteiger partial charge in [0.25, 0.3) is 0 Å². The molecule has 0 aliphatic heterocycles. The fraction of sp³-hybridized carbons (Fsp3) is 0.105. The van der Waals surface area contributed by atoms with Crippen molar-refractivity contribution in [1.82, 2.24) is 19.7 Å². The van der Waals surface area contributed by atoms with Crippen LogP contribution in [0.5, 0.6) is 0 Å². The van der Waals surface area contributed by atoms with E-state index in [1.54, 1.807) is 16.8 Å². The smallest absolute Gasteiger partial charge is 0.164 e. The van der Waals surface area contributed by atoms with Crippen LogP contribution in [-0.4, -0.2) is 24.9 Å². The number of aliphatic hydroxyl groups excluding tert-OH is 1. The minimum absolute atomic E-state index is 0.207. The summed E-state index contributed by atoms with van der Waals surface area (Å²) in [6.45, 7) is 0.207. The van der Waals surface area contributed by atoms with E-state index < -0.39 is 6.10 Å². The van der Waals surface area contributed by atoms with E-state index in [9.17, 15) is 9.50 Å². The van der Waals surface area contributed by atoms with Gasteiger partial charge < -0.3 is 10.8 Å². The molecule has 26 heavy (non-hydrogen) atoms. The molecule has 0 aliphatic carbocycles. The standard InChI is InChI=1S/C19H16FN5O/c20-14-8-6-13(7-9-14)17-16-18(21)22-11-23-19(16)25(24-17)10-15(26)12-4-2-1-3-5-12/h1-9,11,15,26H,10H2,(H2,21,22,23). The van der Waals surface area contributed by atoms with Crippen molar-refractivity contribution in [2.75, 3.05) is 5.73 Å². The molecule has 0 fully saturated rings. The van der Waals surface area contributed by atoms with Crippen molar-refractivity contribution in [2.24, 2.45) is 0 Å². The van der Waals surface area contributed by atoms with Crippen LogP contribution < -0.4 is 5.73 Å². The van der Waals surface area contributed by atoms with Gasteiger partial charge in [-0.3, -0.25) is 0 Å². The van der Waals surface area contributed by atoms with Crippen LogP contribution in [0.15, 0.2) is 60.9 Å². The van der Waals surface area contributed by atoms with Crippen LogP contribution >= 0.6 is 0 Å². The number of anilines is 1. The van der Waals surface area contributed by atoms with Gasteiger partial charge in [-0.05, 0) is 29.8 Å². The summed E-state index contributed by atoms with van der Waals surface area (Å²) in [5.74, 6) is -0.0454. The minimum Gasteiger partial charge on any atom is -0.386 e. The molecule has 0 amide bonds. The number of rotatable bonds is 4. The number of fused-ring (bicyclic) bond motifs is 1. The lowest BCUT2D eigenvalue weighted by Crippen LogP contribution is -2.10. The summed E-state index contributed by atoms with van der Waals surface area (Å²) in [5.41, 5.74) is 8.59. The Kier molecular flexibility index (Phi) is 4.06. The Bertz CT molecular complexity index is 1050. The second-order valence-electron chi connectivity index (χ2n) is 5.92. The third kappa shape index (κ3) is 2.89. The Morgan fingerprint density at radius 2 is 1.77 bits per heavy atom. The second kappa shape index (κ2) is 6.53. The molecule has 0 bridgehead atoms. The number of benzene rings is 2. The maximum absolute atomic E-state index is 13.3. The normalized spacial score (nSPS) is 12.4. The molecule has 130 valence electrons. The first kappa shape index (κ1) is 16.2. The highest BCUT2D eigenvalue weighted by molar-refractivity contribution is 5.98. The quantitative estimate of drug-likeness (QED) is 0.591. The number of nitrogen functional groups attached to an aromatic ring is 1. The van der Waals surface area contributed by atoms with E-state index in [4.69, 9.17) is 5.73 Å². The number of nitrogens with zero attached hydrogens (tertiary/aromatic N) is 4. The van der Waals surface area contributed by atoms with E-state index in [1.165, 1.54) is 18.5 Å². The Morgan fingerprint density at radius 1 is 1.04 bits per heavy atom. The van der Waals surface area contributed by atoms with Crippen LogP contribution in [0.3, 0.4) is 0 Å². The second-order valence-corrected chi connectivity index (χ2v) is 5.92. The molecule has 1 atom stereocenters. The molecule has 2 heterocycles. The van der Waals surface area contributed by atoms with Crippen molar-refractivity contribution >= 4 is 16.9 Å². The fourth-order valence-electron chi connectivity index (χ4n) is 2.91. The van der Waals surface area contributed by atoms with Gasteiger partial charge in [0.1, 0.15) is 23.7 Å². The highest BCUT2D eigenvalue weighted by atomic mass is 19.1. The molecule has 4 rings (SSSR count). The van der Waals surface area contributed by atoms with E-state index in [2.05, 4.69) is 15.1 Å². The molecular formula is C19H16FN5O. The number of hydrogen-bond donors (Lipinski definition) is 2. The molecule has 0 saturated carbocycles. The average molecular weight is 349 g/mol. The van der Waals surface area contributed by atoms with E-state index in [1.807, 2.05) is 30.3 Å². The predicted octanol–water partition coefficient (Wildman–Crippen LogP) is 2.95. The van der Waals surface area contributed by atoms with Crippen LogP contribution in [-0.2, 0) is 6.54 Å². The van der Waals surface area contributed by atoms with Gasteiger partial charge in [-0.15, -0.1) is 0 Å². The molecule has 0 saturated heterocycles. The minimum atomic E-state index is -0.753. The first-order valence-electron chi connectivity index (χ1n) is 8.09. The van der Waals surface area contributed by atoms with Gasteiger partial charge >= 0.3 is 0 Å². The summed E-state index contributed by atoms with van der Waals surface area (Å²) in [6.07, 6.45) is 0.607. The van der Waals surface area contributed by atoms with Crippen molar-refractivity contribution in [3.63, 3.8) is 0 Å². The van der Waals surface area contributed by atoms with Crippen molar-refractivity contribution in [3.8, 4) is 11.3 Å². The number of aromatic nitrogens is 4. The van der Waals surface area contributed by atoms with Crippen LogP contribution in [0.25, 0.3) is 22.3 Å². The van der Waals surface area contributed by atoms with Gasteiger partial charge in [-0.2, -0.15) is 5.10 Å². The van der Waals surface area contributed by atoms with Gasteiger partial charge in [0, 0.05) is 5.56 Å². The van der Waals surface area contributed by atoms with E-state index in [0.29, 0.717) is 22.3 Å². The Balaban J connectivity index is 1.81. The topological polar surface area (TPSA) is 89.9 Å². The number of halogens is 1. The van der Waals surface area contributed by atoms with E-state index >= 15 is 0 Å². The summed E-state index contributed by atoms with van der Waals surface area (Å²) < 4.78 is 14.9. The first-order valence-corrected chi connectivity index (χ1v) is 8.09. The zero-order chi connectivity index (χ0) is 18.1. The highest BCUT2D eigenvalue weighted by Gasteiger charge is 2.19. The molecule has 4 aromatic rings. The maximum Gasteiger partial charge on any atom is 0.164 e. The monoisotopic (exact) mass is 349 g/mol. The first-order chi connectivity index (χ1) is 12.6. The molecule has 0 radical (unpaired) electrons. The van der Waals surface area contributed by atoms with Gasteiger partial charge in [0.05, 0.1) is 18.0 Å². The van der Waals surface area contributed by atoms with Gasteiger partial charge in [-0.1, -0.05) is 30.3 Å². The lowest BCUT2D eigenvalue weighted by Gasteiger charge is -2.11.